The van der Waals surface area contributed by atoms with Gasteiger partial charge in [-0.25, -0.2) is 0 Å². The van der Waals surface area contributed by atoms with Gasteiger partial charge in [-0.3, -0.25) is 0 Å². The number of ether oxygens (including phenoxy) is 1. The molecule has 28 heavy (non-hydrogen) atoms. The third-order valence-electron chi connectivity index (χ3n) is 6.08. The molecule has 3 rings (SSSR count). The second-order valence-corrected chi connectivity index (χ2v) is 7.80. The molecule has 0 bridgehead atoms. The summed E-state index contributed by atoms with van der Waals surface area (Å²) in [5, 5.41) is 19.4. The van der Waals surface area contributed by atoms with Crippen molar-refractivity contribution in [2.75, 3.05) is 7.11 Å². The molecule has 0 unspecified atom stereocenters. The van der Waals surface area contributed by atoms with Crippen LogP contribution in [0.1, 0.15) is 74.5 Å². The van der Waals surface area contributed by atoms with Crippen molar-refractivity contribution in [3.05, 3.63) is 53.1 Å². The molecule has 2 aromatic rings. The van der Waals surface area contributed by atoms with Crippen molar-refractivity contribution in [1.82, 2.24) is 0 Å². The average Bonchev–Trinajstić information content (AvgIpc) is 2.77. The number of nitrogens with zero attached hydrogens (tertiary/aromatic N) is 2. The van der Waals surface area contributed by atoms with Gasteiger partial charge in [0, 0.05) is 0 Å². The van der Waals surface area contributed by atoms with Crippen LogP contribution in [0, 0.1) is 28.6 Å². The van der Waals surface area contributed by atoms with E-state index in [4.69, 9.17) is 4.74 Å². The van der Waals surface area contributed by atoms with Crippen molar-refractivity contribution in [2.24, 2.45) is 5.92 Å². The number of hydrogen-bond donors (Lipinski definition) is 0. The van der Waals surface area contributed by atoms with Gasteiger partial charge in [-0.2, -0.15) is 10.5 Å². The number of hydrogen-bond acceptors (Lipinski definition) is 3. The fourth-order valence-corrected chi connectivity index (χ4v) is 4.40. The summed E-state index contributed by atoms with van der Waals surface area (Å²) in [6.07, 6.45) is 8.57. The highest BCUT2D eigenvalue weighted by Crippen LogP contribution is 2.41. The van der Waals surface area contributed by atoms with E-state index in [1.807, 2.05) is 30.3 Å². The summed E-state index contributed by atoms with van der Waals surface area (Å²) in [4.78, 5) is 0. The van der Waals surface area contributed by atoms with E-state index in [9.17, 15) is 10.5 Å². The molecule has 0 aliphatic heterocycles. The summed E-state index contributed by atoms with van der Waals surface area (Å²) in [5.74, 6) is 2.00. The molecule has 1 saturated carbocycles. The average molecular weight is 373 g/mol. The molecule has 0 aromatic heterocycles. The zero-order valence-corrected chi connectivity index (χ0v) is 16.9. The third kappa shape index (κ3) is 4.37. The van der Waals surface area contributed by atoms with Gasteiger partial charge in [0.15, 0.2) is 0 Å². The molecular weight excluding hydrogens is 344 g/mol. The minimum absolute atomic E-state index is 0.373. The second-order valence-electron chi connectivity index (χ2n) is 7.80. The van der Waals surface area contributed by atoms with E-state index in [0.717, 1.165) is 41.2 Å². The molecule has 0 spiro atoms. The first-order valence-corrected chi connectivity index (χ1v) is 10.3. The molecule has 3 nitrogen and oxygen atoms in total. The third-order valence-corrected chi connectivity index (χ3v) is 6.08. The molecule has 1 aliphatic carbocycles. The van der Waals surface area contributed by atoms with Gasteiger partial charge in [0.2, 0.25) is 0 Å². The predicted molar refractivity (Wildman–Crippen MR) is 112 cm³/mol. The van der Waals surface area contributed by atoms with Gasteiger partial charge >= 0.3 is 0 Å². The molecule has 144 valence electrons. The van der Waals surface area contributed by atoms with E-state index < -0.39 is 0 Å². The molecule has 0 saturated heterocycles. The van der Waals surface area contributed by atoms with Crippen LogP contribution in [-0.4, -0.2) is 7.11 Å². The first-order valence-electron chi connectivity index (χ1n) is 10.3. The van der Waals surface area contributed by atoms with Gasteiger partial charge in [0.05, 0.1) is 18.2 Å². The maximum atomic E-state index is 9.74. The number of unbranched alkanes of at least 4 members (excludes halogenated alkanes) is 1. The Bertz CT molecular complexity index is 878. The van der Waals surface area contributed by atoms with Gasteiger partial charge < -0.3 is 4.74 Å². The Morgan fingerprint density at radius 3 is 2.25 bits per heavy atom. The highest BCUT2D eigenvalue weighted by Gasteiger charge is 2.25. The molecule has 3 heteroatoms. The van der Waals surface area contributed by atoms with Crippen LogP contribution in [0.5, 0.6) is 5.75 Å². The maximum Gasteiger partial charge on any atom is 0.118 e. The van der Waals surface area contributed by atoms with Crippen molar-refractivity contribution in [1.29, 1.82) is 10.5 Å². The minimum atomic E-state index is 0.373. The largest absolute Gasteiger partial charge is 0.497 e. The SMILES string of the molecule is CCCC[C@H]1CC[C@H](c2cc(-c3ccc(OC)cc3)cc(C#N)c2C#N)CC1. The lowest BCUT2D eigenvalue weighted by molar-refractivity contribution is 0.304. The van der Waals surface area contributed by atoms with Gasteiger partial charge in [0.1, 0.15) is 17.9 Å². The summed E-state index contributed by atoms with van der Waals surface area (Å²) in [6.45, 7) is 2.25. The van der Waals surface area contributed by atoms with Crippen molar-refractivity contribution in [2.45, 2.75) is 57.8 Å². The van der Waals surface area contributed by atoms with Gasteiger partial charge in [-0.1, -0.05) is 38.3 Å². The Morgan fingerprint density at radius 2 is 1.68 bits per heavy atom. The molecule has 0 radical (unpaired) electrons. The maximum absolute atomic E-state index is 9.74. The lowest BCUT2D eigenvalue weighted by Crippen LogP contribution is -2.15. The van der Waals surface area contributed by atoms with Crippen LogP contribution in [0.4, 0.5) is 0 Å². The highest BCUT2D eigenvalue weighted by atomic mass is 16.5. The molecule has 0 N–H and O–H groups in total. The lowest BCUT2D eigenvalue weighted by atomic mass is 9.75. The van der Waals surface area contributed by atoms with E-state index in [-0.39, 0.29) is 0 Å². The summed E-state index contributed by atoms with van der Waals surface area (Å²) >= 11 is 0. The van der Waals surface area contributed by atoms with Crippen LogP contribution in [0.2, 0.25) is 0 Å². The van der Waals surface area contributed by atoms with Gasteiger partial charge in [-0.15, -0.1) is 0 Å². The first-order chi connectivity index (χ1) is 13.7. The quantitative estimate of drug-likeness (QED) is 0.576. The number of benzene rings is 2. The van der Waals surface area contributed by atoms with Gasteiger partial charge in [-0.05, 0) is 78.5 Å². The van der Waals surface area contributed by atoms with Crippen LogP contribution in [0.3, 0.4) is 0 Å². The first kappa shape index (κ1) is 20.0. The predicted octanol–water partition coefficient (Wildman–Crippen LogP) is 6.57. The lowest BCUT2D eigenvalue weighted by Gasteiger charge is -2.29. The summed E-state index contributed by atoms with van der Waals surface area (Å²) in [6, 6.07) is 16.4. The van der Waals surface area contributed by atoms with E-state index in [2.05, 4.69) is 25.1 Å². The van der Waals surface area contributed by atoms with E-state index in [0.29, 0.717) is 17.0 Å². The van der Waals surface area contributed by atoms with Crippen molar-refractivity contribution < 1.29 is 4.74 Å². The molecule has 1 aliphatic rings. The fraction of sp³-hybridized carbons (Fsp3) is 0.440. The van der Waals surface area contributed by atoms with Crippen molar-refractivity contribution >= 4 is 0 Å². The number of methoxy groups -OCH3 is 1. The molecule has 0 heterocycles. The molecule has 2 aromatic carbocycles. The molecule has 0 amide bonds. The Morgan fingerprint density at radius 1 is 0.964 bits per heavy atom. The van der Waals surface area contributed by atoms with Crippen LogP contribution < -0.4 is 4.74 Å². The van der Waals surface area contributed by atoms with Gasteiger partial charge in [0.25, 0.3) is 0 Å². The Kier molecular flexibility index (Phi) is 6.72. The summed E-state index contributed by atoms with van der Waals surface area (Å²) in [5.41, 5.74) is 4.15. The summed E-state index contributed by atoms with van der Waals surface area (Å²) in [7, 11) is 1.65. The minimum Gasteiger partial charge on any atom is -0.497 e. The van der Waals surface area contributed by atoms with E-state index in [1.165, 1.54) is 32.1 Å². The normalized spacial score (nSPS) is 18.9. The number of nitriles is 2. The van der Waals surface area contributed by atoms with Crippen LogP contribution in [-0.2, 0) is 0 Å². The second kappa shape index (κ2) is 9.43. The van der Waals surface area contributed by atoms with Crippen molar-refractivity contribution in [3.63, 3.8) is 0 Å². The Balaban J connectivity index is 1.91. The Labute approximate surface area is 168 Å². The van der Waals surface area contributed by atoms with Crippen molar-refractivity contribution in [3.8, 4) is 29.0 Å². The number of rotatable bonds is 6. The zero-order chi connectivity index (χ0) is 19.9. The van der Waals surface area contributed by atoms with E-state index >= 15 is 0 Å². The molecule has 1 fully saturated rings. The van der Waals surface area contributed by atoms with Crippen LogP contribution in [0.25, 0.3) is 11.1 Å². The smallest absolute Gasteiger partial charge is 0.118 e. The fourth-order valence-electron chi connectivity index (χ4n) is 4.40. The standard InChI is InChI=1S/C25H28N2O/c1-3-4-5-18-6-8-20(9-7-18)24-15-21(14-22(16-26)25(24)17-27)19-10-12-23(28-2)13-11-19/h10-15,18,20H,3-9H2,1-2H3/t18-,20-. The molecular formula is C25H28N2O. The topological polar surface area (TPSA) is 56.8 Å². The highest BCUT2D eigenvalue weighted by molar-refractivity contribution is 5.70. The summed E-state index contributed by atoms with van der Waals surface area (Å²) < 4.78 is 5.25. The monoisotopic (exact) mass is 372 g/mol. The van der Waals surface area contributed by atoms with Crippen LogP contribution >= 0.6 is 0 Å². The zero-order valence-electron chi connectivity index (χ0n) is 16.9. The van der Waals surface area contributed by atoms with Crippen LogP contribution in [0.15, 0.2) is 36.4 Å². The van der Waals surface area contributed by atoms with E-state index in [1.54, 1.807) is 7.11 Å². The Hall–Kier alpha value is -2.78. The molecule has 0 atom stereocenters.